The Balaban J connectivity index is 0.754. The van der Waals surface area contributed by atoms with Gasteiger partial charge in [0, 0.05) is 36.8 Å². The second kappa shape index (κ2) is 19.3. The van der Waals surface area contributed by atoms with Gasteiger partial charge in [0.15, 0.2) is 11.4 Å². The number of aromatic nitrogens is 4. The third kappa shape index (κ3) is 10.4. The summed E-state index contributed by atoms with van der Waals surface area (Å²) >= 11 is 0. The van der Waals surface area contributed by atoms with Crippen LogP contribution < -0.4 is 26.6 Å². The molecule has 5 aromatic rings. The van der Waals surface area contributed by atoms with Crippen molar-refractivity contribution in [2.24, 2.45) is 5.92 Å². The lowest BCUT2D eigenvalue weighted by Crippen LogP contribution is -2.54. The molecule has 2 aliphatic heterocycles. The van der Waals surface area contributed by atoms with Gasteiger partial charge in [-0.3, -0.25) is 39.0 Å². The number of nitrogens with zero attached hydrogens (tertiary/aromatic N) is 5. The van der Waals surface area contributed by atoms with Crippen LogP contribution in [0.3, 0.4) is 0 Å². The van der Waals surface area contributed by atoms with Gasteiger partial charge >= 0.3 is 6.18 Å². The molecule has 1 aliphatic carbocycles. The van der Waals surface area contributed by atoms with Crippen molar-refractivity contribution in [3.05, 3.63) is 107 Å². The summed E-state index contributed by atoms with van der Waals surface area (Å²) in [5, 5.41) is 17.6. The van der Waals surface area contributed by atoms with Crippen LogP contribution >= 0.6 is 0 Å². The smallest absolute Gasteiger partial charge is 0.437 e. The maximum Gasteiger partial charge on any atom is 0.437 e. The number of fused-ring (bicyclic) bond motifs is 1. The van der Waals surface area contributed by atoms with E-state index in [4.69, 9.17) is 4.42 Å². The molecular formula is C45H45F3N10O7. The molecule has 1 saturated carbocycles. The number of oxazole rings is 1. The van der Waals surface area contributed by atoms with E-state index in [0.717, 1.165) is 66.4 Å². The molecule has 1 atom stereocenters. The third-order valence-corrected chi connectivity index (χ3v) is 11.3. The number of pyridine rings is 1. The number of carbonyl (C=O) groups is 6. The van der Waals surface area contributed by atoms with Crippen molar-refractivity contribution in [2.75, 3.05) is 36.8 Å². The number of unbranched alkanes of at least 4 members (excludes halogenated alkanes) is 2. The van der Waals surface area contributed by atoms with Gasteiger partial charge in [-0.25, -0.2) is 14.6 Å². The molecule has 1 unspecified atom stereocenters. The molecule has 6 amide bonds. The number of hydrogen-bond donors (Lipinski definition) is 5. The predicted octanol–water partition coefficient (Wildman–Crippen LogP) is 5.54. The first kappa shape index (κ1) is 44.4. The highest BCUT2D eigenvalue weighted by molar-refractivity contribution is 6.24. The number of benzene rings is 2. The maximum atomic E-state index is 14.1. The Hall–Kier alpha value is -7.22. The number of nitrogens with one attached hydrogen (secondary N) is 5. The second-order valence-corrected chi connectivity index (χ2v) is 16.1. The van der Waals surface area contributed by atoms with E-state index in [0.29, 0.717) is 60.8 Å². The summed E-state index contributed by atoms with van der Waals surface area (Å²) in [5.74, 6) is -2.08. The number of amides is 6. The summed E-state index contributed by atoms with van der Waals surface area (Å²) in [6.07, 6.45) is 4.85. The molecule has 1 saturated heterocycles. The van der Waals surface area contributed by atoms with Gasteiger partial charge in [0.2, 0.25) is 17.7 Å². The molecule has 65 heavy (non-hydrogen) atoms. The Bertz CT molecular complexity index is 2620. The van der Waals surface area contributed by atoms with E-state index >= 15 is 0 Å². The number of piperidine rings is 1. The Kier molecular flexibility index (Phi) is 13.2. The van der Waals surface area contributed by atoms with E-state index in [-0.39, 0.29) is 41.6 Å². The molecule has 3 aromatic heterocycles. The Labute approximate surface area is 369 Å². The van der Waals surface area contributed by atoms with Gasteiger partial charge in [-0.2, -0.15) is 18.3 Å². The largest absolute Gasteiger partial charge is 0.444 e. The highest BCUT2D eigenvalue weighted by atomic mass is 19.4. The molecule has 338 valence electrons. The Morgan fingerprint density at radius 3 is 2.45 bits per heavy atom. The zero-order valence-electron chi connectivity index (χ0n) is 35.0. The average Bonchev–Trinajstić information content (AvgIpc) is 3.68. The topological polar surface area (TPSA) is 223 Å². The standard InChI is InChI=1S/C45H45F3N10O7/c46-45(47,48)38-32(53-40(61)33-25-65-42(54-33)29-17-21-50-35(22-29)52-23-26-9-10-26)24-57(56-38)30-13-11-28(12-14-30)39(60)51-20-3-1-2-18-49-19-5-7-27-6-4-8-31-37(27)44(64)58(43(31)63)34-15-16-36(59)55-41(34)62/h4,6,8,11-14,17,21-22,24-26,34,49H,1-3,5,7,9-10,15-16,18-20,23H2,(H,50,52)(H,51,60)(H,53,61)(H,55,59,62). The Morgan fingerprint density at radius 2 is 1.68 bits per heavy atom. The van der Waals surface area contributed by atoms with Crippen LogP contribution in [-0.2, 0) is 22.2 Å². The normalized spacial score (nSPS) is 16.1. The van der Waals surface area contributed by atoms with Gasteiger partial charge in [-0.15, -0.1) is 0 Å². The molecule has 2 aromatic carbocycles. The fourth-order valence-electron chi connectivity index (χ4n) is 7.68. The van der Waals surface area contributed by atoms with Gasteiger partial charge in [-0.05, 0) is 112 Å². The van der Waals surface area contributed by atoms with Crippen molar-refractivity contribution in [2.45, 2.75) is 70.0 Å². The zero-order chi connectivity index (χ0) is 45.7. The minimum Gasteiger partial charge on any atom is -0.444 e. The molecule has 0 spiro atoms. The molecule has 3 aliphatic rings. The van der Waals surface area contributed by atoms with Crippen LogP contribution in [-0.4, -0.2) is 92.3 Å². The Morgan fingerprint density at radius 1 is 0.892 bits per heavy atom. The number of carbonyl (C=O) groups excluding carboxylic acids is 6. The van der Waals surface area contributed by atoms with Crippen molar-refractivity contribution in [3.63, 3.8) is 0 Å². The minimum absolute atomic E-state index is 0.0537. The molecule has 17 nitrogen and oxygen atoms in total. The van der Waals surface area contributed by atoms with Gasteiger partial charge in [0.05, 0.1) is 28.7 Å². The van der Waals surface area contributed by atoms with E-state index in [9.17, 15) is 41.9 Å². The van der Waals surface area contributed by atoms with Crippen molar-refractivity contribution in [1.82, 2.24) is 40.6 Å². The van der Waals surface area contributed by atoms with Crippen LogP contribution in [0.25, 0.3) is 17.1 Å². The van der Waals surface area contributed by atoms with Crippen molar-refractivity contribution >= 4 is 46.9 Å². The summed E-state index contributed by atoms with van der Waals surface area (Å²) < 4.78 is 48.6. The third-order valence-electron chi connectivity index (χ3n) is 11.3. The first-order valence-electron chi connectivity index (χ1n) is 21.4. The monoisotopic (exact) mass is 894 g/mol. The zero-order valence-corrected chi connectivity index (χ0v) is 35.0. The summed E-state index contributed by atoms with van der Waals surface area (Å²) in [6.45, 7) is 2.59. The SMILES string of the molecule is O=C1CCC(N2C(=O)c3cccc(CCCNCCCCCNC(=O)c4ccc(-n5cc(NC(=O)c6coc(-c7ccnc(NCC8CC8)c7)n6)c(C(F)(F)F)n5)cc4)c3C2=O)C(=O)N1. The number of aryl methyl sites for hydroxylation is 1. The van der Waals surface area contributed by atoms with Crippen LogP contribution in [0.1, 0.15) is 104 Å². The lowest BCUT2D eigenvalue weighted by atomic mass is 9.99. The van der Waals surface area contributed by atoms with Gasteiger partial charge in [-0.1, -0.05) is 18.6 Å². The maximum absolute atomic E-state index is 14.1. The fraction of sp³-hybridized carbons (Fsp3) is 0.356. The lowest BCUT2D eigenvalue weighted by Gasteiger charge is -2.27. The number of imide groups is 2. The van der Waals surface area contributed by atoms with Crippen molar-refractivity contribution < 1.29 is 46.4 Å². The average molecular weight is 895 g/mol. The van der Waals surface area contributed by atoms with E-state index in [1.165, 1.54) is 24.3 Å². The molecule has 0 bridgehead atoms. The number of halogens is 3. The van der Waals surface area contributed by atoms with Crippen LogP contribution in [0.5, 0.6) is 0 Å². The first-order chi connectivity index (χ1) is 31.3. The second-order valence-electron chi connectivity index (χ2n) is 16.1. The summed E-state index contributed by atoms with van der Waals surface area (Å²) in [6, 6.07) is 13.3. The fourth-order valence-corrected chi connectivity index (χ4v) is 7.68. The molecule has 8 rings (SSSR count). The molecule has 2 fully saturated rings. The summed E-state index contributed by atoms with van der Waals surface area (Å²) in [4.78, 5) is 85.7. The van der Waals surface area contributed by atoms with Crippen LogP contribution in [0, 0.1) is 5.92 Å². The summed E-state index contributed by atoms with van der Waals surface area (Å²) in [7, 11) is 0. The quantitative estimate of drug-likeness (QED) is 0.0510. The molecular weight excluding hydrogens is 850 g/mol. The first-order valence-corrected chi connectivity index (χ1v) is 21.4. The molecule has 5 heterocycles. The van der Waals surface area contributed by atoms with Crippen molar-refractivity contribution in [3.8, 4) is 17.1 Å². The minimum atomic E-state index is -4.90. The van der Waals surface area contributed by atoms with E-state index in [1.54, 1.807) is 36.5 Å². The lowest BCUT2D eigenvalue weighted by molar-refractivity contribution is -0.140. The number of rotatable bonds is 19. The highest BCUT2D eigenvalue weighted by Crippen LogP contribution is 2.35. The number of alkyl halides is 3. The van der Waals surface area contributed by atoms with E-state index in [2.05, 4.69) is 41.7 Å². The van der Waals surface area contributed by atoms with Gasteiger partial charge in [0.25, 0.3) is 23.6 Å². The van der Waals surface area contributed by atoms with E-state index in [1.807, 2.05) is 0 Å². The summed E-state index contributed by atoms with van der Waals surface area (Å²) in [5.41, 5.74) is 0.201. The number of anilines is 2. The predicted molar refractivity (Wildman–Crippen MR) is 228 cm³/mol. The molecule has 5 N–H and O–H groups in total. The molecule has 0 radical (unpaired) electrons. The van der Waals surface area contributed by atoms with Gasteiger partial charge in [0.1, 0.15) is 18.1 Å². The van der Waals surface area contributed by atoms with Gasteiger partial charge < -0.3 is 25.7 Å². The highest BCUT2D eigenvalue weighted by Gasteiger charge is 2.45. The van der Waals surface area contributed by atoms with Crippen molar-refractivity contribution in [1.29, 1.82) is 0 Å². The van der Waals surface area contributed by atoms with Crippen LogP contribution in [0.15, 0.2) is 77.7 Å². The molecule has 20 heteroatoms. The van der Waals surface area contributed by atoms with E-state index < -0.39 is 53.1 Å². The van der Waals surface area contributed by atoms with Crippen LogP contribution in [0.2, 0.25) is 0 Å². The van der Waals surface area contributed by atoms with Crippen LogP contribution in [0.4, 0.5) is 24.7 Å². The number of hydrogen-bond acceptors (Lipinski definition) is 12.